The number of hydrogen-bond acceptors (Lipinski definition) is 7. The number of carbonyl (C=O) groups excluding carboxylic acids is 2. The van der Waals surface area contributed by atoms with Gasteiger partial charge in [0.25, 0.3) is 5.91 Å². The van der Waals surface area contributed by atoms with Gasteiger partial charge < -0.3 is 14.4 Å². The molecule has 2 amide bonds. The molecule has 11 heteroatoms. The highest BCUT2D eigenvalue weighted by molar-refractivity contribution is 6.31. The van der Waals surface area contributed by atoms with Gasteiger partial charge in [-0.05, 0) is 76.8 Å². The van der Waals surface area contributed by atoms with Gasteiger partial charge in [0.05, 0.1) is 12.2 Å². The highest BCUT2D eigenvalue weighted by Crippen LogP contribution is 2.28. The van der Waals surface area contributed by atoms with Crippen LogP contribution in [0.3, 0.4) is 0 Å². The number of halogens is 1. The van der Waals surface area contributed by atoms with Crippen LogP contribution in [0.2, 0.25) is 5.02 Å². The Bertz CT molecular complexity index is 1260. The molecule has 0 aliphatic heterocycles. The smallest absolute Gasteiger partial charge is 0.414 e. The molecule has 0 unspecified atom stereocenters. The molecule has 0 saturated heterocycles. The summed E-state index contributed by atoms with van der Waals surface area (Å²) in [7, 11) is 0. The first kappa shape index (κ1) is 30.3. The quantitative estimate of drug-likeness (QED) is 0.241. The summed E-state index contributed by atoms with van der Waals surface area (Å²) in [6, 6.07) is 8.81. The fourth-order valence-corrected chi connectivity index (χ4v) is 5.15. The van der Waals surface area contributed by atoms with Crippen LogP contribution in [-0.4, -0.2) is 68.0 Å². The van der Waals surface area contributed by atoms with Gasteiger partial charge in [-0.25, -0.2) is 9.78 Å². The van der Waals surface area contributed by atoms with E-state index < -0.39 is 11.7 Å². The summed E-state index contributed by atoms with van der Waals surface area (Å²) >= 11 is 6.44. The number of pyridine rings is 1. The summed E-state index contributed by atoms with van der Waals surface area (Å²) in [5, 5.41) is 4.57. The maximum atomic E-state index is 13.8. The van der Waals surface area contributed by atoms with E-state index in [1.54, 1.807) is 53.7 Å². The van der Waals surface area contributed by atoms with Gasteiger partial charge in [0.15, 0.2) is 0 Å². The number of benzene rings is 1. The maximum absolute atomic E-state index is 13.8. The Hall–Kier alpha value is -3.66. The molecule has 1 aromatic carbocycles. The monoisotopic (exact) mass is 582 g/mol. The summed E-state index contributed by atoms with van der Waals surface area (Å²) in [5.41, 5.74) is 0.497. The van der Waals surface area contributed by atoms with Crippen molar-refractivity contribution in [1.82, 2.24) is 24.6 Å². The van der Waals surface area contributed by atoms with Crippen molar-refractivity contribution < 1.29 is 19.1 Å². The summed E-state index contributed by atoms with van der Waals surface area (Å²) in [6.07, 6.45) is 12.0. The maximum Gasteiger partial charge on any atom is 0.414 e. The van der Waals surface area contributed by atoms with Crippen LogP contribution in [-0.2, 0) is 11.3 Å². The predicted molar refractivity (Wildman–Crippen MR) is 157 cm³/mol. The van der Waals surface area contributed by atoms with E-state index in [-0.39, 0.29) is 25.1 Å². The SMILES string of the molecule is CC(C)(C)OC(=O)N(CCOc1cc(Cl)cc(C(=O)N(CCCCn2cncn2)C2CCCC2)c1)c1ccncc1. The van der Waals surface area contributed by atoms with Crippen LogP contribution in [0.5, 0.6) is 5.75 Å². The van der Waals surface area contributed by atoms with Crippen molar-refractivity contribution in [2.45, 2.75) is 77.5 Å². The zero-order valence-corrected chi connectivity index (χ0v) is 24.8. The summed E-state index contributed by atoms with van der Waals surface area (Å²) in [4.78, 5) is 38.2. The number of carbonyl (C=O) groups is 2. The molecule has 41 heavy (non-hydrogen) atoms. The first-order valence-corrected chi connectivity index (χ1v) is 14.5. The topological polar surface area (TPSA) is 103 Å². The molecule has 0 spiro atoms. The Balaban J connectivity index is 1.41. The molecule has 220 valence electrons. The Kier molecular flexibility index (Phi) is 10.6. The van der Waals surface area contributed by atoms with E-state index in [4.69, 9.17) is 21.1 Å². The van der Waals surface area contributed by atoms with Crippen LogP contribution in [0, 0.1) is 0 Å². The third-order valence-corrected chi connectivity index (χ3v) is 7.04. The van der Waals surface area contributed by atoms with Crippen LogP contribution >= 0.6 is 11.6 Å². The van der Waals surface area contributed by atoms with E-state index in [0.29, 0.717) is 28.6 Å². The number of ether oxygens (including phenoxy) is 2. The van der Waals surface area contributed by atoms with Gasteiger partial charge in [-0.1, -0.05) is 24.4 Å². The fraction of sp³-hybridized carbons (Fsp3) is 0.500. The molecule has 0 radical (unpaired) electrons. The normalized spacial score (nSPS) is 13.7. The second-order valence-electron chi connectivity index (χ2n) is 11.2. The molecule has 3 aromatic rings. The van der Waals surface area contributed by atoms with Crippen molar-refractivity contribution in [2.24, 2.45) is 0 Å². The zero-order valence-electron chi connectivity index (χ0n) is 24.0. The van der Waals surface area contributed by atoms with Crippen molar-refractivity contribution in [2.75, 3.05) is 24.6 Å². The van der Waals surface area contributed by atoms with Crippen LogP contribution in [0.1, 0.15) is 69.7 Å². The Morgan fingerprint density at radius 3 is 2.49 bits per heavy atom. The van der Waals surface area contributed by atoms with Crippen LogP contribution in [0.4, 0.5) is 10.5 Å². The minimum atomic E-state index is -0.646. The third-order valence-electron chi connectivity index (χ3n) is 6.82. The summed E-state index contributed by atoms with van der Waals surface area (Å²) in [6.45, 7) is 7.30. The molecule has 2 heterocycles. The molecule has 0 atom stereocenters. The number of unbranched alkanes of at least 4 members (excludes halogenated alkanes) is 1. The molecule has 10 nitrogen and oxygen atoms in total. The van der Waals surface area contributed by atoms with E-state index in [1.807, 2.05) is 25.7 Å². The van der Waals surface area contributed by atoms with Gasteiger partial charge in [-0.3, -0.25) is 19.4 Å². The molecule has 1 aliphatic carbocycles. The lowest BCUT2D eigenvalue weighted by molar-refractivity contribution is 0.0574. The highest BCUT2D eigenvalue weighted by Gasteiger charge is 2.28. The number of anilines is 1. The number of amides is 2. The van der Waals surface area contributed by atoms with Crippen molar-refractivity contribution in [3.8, 4) is 5.75 Å². The van der Waals surface area contributed by atoms with E-state index in [0.717, 1.165) is 45.1 Å². The van der Waals surface area contributed by atoms with E-state index in [9.17, 15) is 9.59 Å². The molecule has 4 rings (SSSR count). The van der Waals surface area contributed by atoms with Crippen LogP contribution in [0.15, 0.2) is 55.4 Å². The van der Waals surface area contributed by atoms with Crippen molar-refractivity contribution in [3.05, 3.63) is 66.0 Å². The Morgan fingerprint density at radius 1 is 1.05 bits per heavy atom. The second-order valence-corrected chi connectivity index (χ2v) is 11.6. The van der Waals surface area contributed by atoms with Gasteiger partial charge in [-0.2, -0.15) is 5.10 Å². The Labute approximate surface area is 246 Å². The van der Waals surface area contributed by atoms with Crippen molar-refractivity contribution in [1.29, 1.82) is 0 Å². The van der Waals surface area contributed by atoms with Gasteiger partial charge in [-0.15, -0.1) is 0 Å². The third kappa shape index (κ3) is 9.18. The van der Waals surface area contributed by atoms with E-state index in [1.165, 1.54) is 11.2 Å². The van der Waals surface area contributed by atoms with Crippen molar-refractivity contribution >= 4 is 29.3 Å². The second kappa shape index (κ2) is 14.3. The molecule has 0 bridgehead atoms. The average molecular weight is 583 g/mol. The first-order chi connectivity index (χ1) is 19.7. The molecule has 2 aromatic heterocycles. The summed E-state index contributed by atoms with van der Waals surface area (Å²) < 4.78 is 13.4. The lowest BCUT2D eigenvalue weighted by atomic mass is 10.1. The van der Waals surface area contributed by atoms with E-state index >= 15 is 0 Å². The molecule has 0 N–H and O–H groups in total. The number of rotatable bonds is 12. The average Bonchev–Trinajstić information content (AvgIpc) is 3.65. The first-order valence-electron chi connectivity index (χ1n) is 14.2. The number of hydrogen-bond donors (Lipinski definition) is 0. The van der Waals surface area contributed by atoms with Gasteiger partial charge >= 0.3 is 6.09 Å². The Morgan fingerprint density at radius 2 is 1.80 bits per heavy atom. The minimum Gasteiger partial charge on any atom is -0.492 e. The predicted octanol–water partition coefficient (Wildman–Crippen LogP) is 6.01. The lowest BCUT2D eigenvalue weighted by Gasteiger charge is -2.29. The van der Waals surface area contributed by atoms with Gasteiger partial charge in [0.1, 0.15) is 30.6 Å². The summed E-state index contributed by atoms with van der Waals surface area (Å²) in [5.74, 6) is 0.425. The molecule has 1 aliphatic rings. The van der Waals surface area contributed by atoms with Gasteiger partial charge in [0, 0.05) is 42.1 Å². The number of aromatic nitrogens is 4. The minimum absolute atomic E-state index is 0.0443. The number of aryl methyl sites for hydroxylation is 1. The van der Waals surface area contributed by atoms with Gasteiger partial charge in [0.2, 0.25) is 0 Å². The van der Waals surface area contributed by atoms with E-state index in [2.05, 4.69) is 15.1 Å². The zero-order chi connectivity index (χ0) is 29.2. The molecule has 1 saturated carbocycles. The lowest BCUT2D eigenvalue weighted by Crippen LogP contribution is -2.39. The standard InChI is InChI=1S/C30H39ClN6O4/c1-30(2,3)41-29(39)37(26-10-12-32-13-11-26)16-17-40-27-19-23(18-24(31)20-27)28(38)36(25-8-4-5-9-25)15-7-6-14-35-22-33-21-34-35/h10-13,18-22,25H,4-9,14-17H2,1-3H3. The highest BCUT2D eigenvalue weighted by atomic mass is 35.5. The molecular formula is C30H39ClN6O4. The fourth-order valence-electron chi connectivity index (χ4n) is 4.93. The number of nitrogens with zero attached hydrogens (tertiary/aromatic N) is 6. The van der Waals surface area contributed by atoms with Crippen molar-refractivity contribution in [3.63, 3.8) is 0 Å². The molecular weight excluding hydrogens is 544 g/mol. The largest absolute Gasteiger partial charge is 0.492 e. The molecule has 1 fully saturated rings. The van der Waals surface area contributed by atoms with Crippen LogP contribution in [0.25, 0.3) is 0 Å². The van der Waals surface area contributed by atoms with Crippen LogP contribution < -0.4 is 9.64 Å².